The quantitative estimate of drug-likeness (QED) is 0.304. The van der Waals surface area contributed by atoms with Gasteiger partial charge in [-0.05, 0) is 92.2 Å². The highest BCUT2D eigenvalue weighted by Gasteiger charge is 2.46. The maximum absolute atomic E-state index is 4.61. The Kier molecular flexibility index (Phi) is 5.24. The first-order chi connectivity index (χ1) is 19.4. The average molecular weight is 553 g/mol. The van der Waals surface area contributed by atoms with Crippen molar-refractivity contribution in [1.82, 2.24) is 4.98 Å². The number of hydrogen-bond donors (Lipinski definition) is 0. The minimum absolute atomic E-state index is 0.475. The van der Waals surface area contributed by atoms with Crippen molar-refractivity contribution in [3.8, 4) is 22.3 Å². The summed E-state index contributed by atoms with van der Waals surface area (Å²) >= 11 is 0. The summed E-state index contributed by atoms with van der Waals surface area (Å²) in [6, 6.07) is 14.2. The van der Waals surface area contributed by atoms with Gasteiger partial charge in [-0.15, -0.1) is 0 Å². The molecule has 0 spiro atoms. The maximum atomic E-state index is 4.61. The van der Waals surface area contributed by atoms with E-state index >= 15 is 0 Å². The SMILES string of the molecule is C[Si]1(C)C2=CCCc3c2c(cc2c3C3=C(CC(C4=CCCN=C4)C=C3)[Si]2(C)C)-c2ccc(-c3cccnc3)cc21. The first-order valence-corrected chi connectivity index (χ1v) is 20.9. The number of aliphatic imine (C=N–C) groups is 1. The van der Waals surface area contributed by atoms with Crippen LogP contribution in [0.2, 0.25) is 26.2 Å². The number of benzene rings is 2. The van der Waals surface area contributed by atoms with Crippen LogP contribution in [-0.4, -0.2) is 33.9 Å². The number of pyridine rings is 1. The van der Waals surface area contributed by atoms with E-state index in [4.69, 9.17) is 0 Å². The van der Waals surface area contributed by atoms with Crippen molar-refractivity contribution in [3.05, 3.63) is 101 Å². The zero-order valence-corrected chi connectivity index (χ0v) is 26.0. The third-order valence-electron chi connectivity index (χ3n) is 10.3. The average Bonchev–Trinajstić information content (AvgIpc) is 3.22. The van der Waals surface area contributed by atoms with Crippen LogP contribution in [0.15, 0.2) is 88.9 Å². The normalized spacial score (nSPS) is 22.6. The molecule has 1 unspecified atom stereocenters. The highest BCUT2D eigenvalue weighted by atomic mass is 28.3. The molecule has 0 radical (unpaired) electrons. The minimum atomic E-state index is -1.89. The van der Waals surface area contributed by atoms with Crippen molar-refractivity contribution < 1.29 is 0 Å². The predicted octanol–water partition coefficient (Wildman–Crippen LogP) is 7.41. The Bertz CT molecular complexity index is 1770. The minimum Gasteiger partial charge on any atom is -0.293 e. The summed E-state index contributed by atoms with van der Waals surface area (Å²) < 4.78 is 0. The summed E-state index contributed by atoms with van der Waals surface area (Å²) in [6.07, 6.45) is 20.6. The van der Waals surface area contributed by atoms with Crippen LogP contribution in [-0.2, 0) is 6.42 Å². The van der Waals surface area contributed by atoms with Gasteiger partial charge < -0.3 is 0 Å². The van der Waals surface area contributed by atoms with Gasteiger partial charge in [0.15, 0.2) is 0 Å². The smallest absolute Gasteiger partial charge is 0.113 e. The molecule has 0 amide bonds. The van der Waals surface area contributed by atoms with Gasteiger partial charge in [-0.3, -0.25) is 9.98 Å². The van der Waals surface area contributed by atoms with Gasteiger partial charge in [0.1, 0.15) is 16.1 Å². The molecule has 2 aromatic carbocycles. The third-order valence-corrected chi connectivity index (χ3v) is 17.6. The second-order valence-corrected chi connectivity index (χ2v) is 21.9. The van der Waals surface area contributed by atoms with E-state index in [9.17, 15) is 0 Å². The van der Waals surface area contributed by atoms with Crippen molar-refractivity contribution in [1.29, 1.82) is 0 Å². The molecule has 0 fully saturated rings. The van der Waals surface area contributed by atoms with Crippen molar-refractivity contribution in [2.45, 2.75) is 51.9 Å². The summed E-state index contributed by atoms with van der Waals surface area (Å²) in [5, 5.41) is 6.68. The molecule has 4 heterocycles. The van der Waals surface area contributed by atoms with Gasteiger partial charge in [0.25, 0.3) is 0 Å². The van der Waals surface area contributed by atoms with E-state index in [2.05, 4.69) is 97.0 Å². The molecule has 8 rings (SSSR count). The lowest BCUT2D eigenvalue weighted by atomic mass is 9.81. The molecular formula is C36H36N2Si2. The Morgan fingerprint density at radius 1 is 0.850 bits per heavy atom. The first kappa shape index (κ1) is 24.5. The van der Waals surface area contributed by atoms with Crippen LogP contribution < -0.4 is 10.4 Å². The highest BCUT2D eigenvalue weighted by molar-refractivity contribution is 7.06. The summed E-state index contributed by atoms with van der Waals surface area (Å²) in [7, 11) is -3.70. The lowest BCUT2D eigenvalue weighted by Crippen LogP contribution is -2.49. The third kappa shape index (κ3) is 3.32. The van der Waals surface area contributed by atoms with Crippen LogP contribution in [0.4, 0.5) is 0 Å². The summed E-state index contributed by atoms with van der Waals surface area (Å²) in [6.45, 7) is 11.3. The number of aromatic nitrogens is 1. The maximum Gasteiger partial charge on any atom is 0.113 e. The Morgan fingerprint density at radius 2 is 1.75 bits per heavy atom. The molecule has 3 aliphatic heterocycles. The fourth-order valence-corrected chi connectivity index (χ4v) is 14.8. The molecule has 198 valence electrons. The highest BCUT2D eigenvalue weighted by Crippen LogP contribution is 2.51. The Hall–Kier alpha value is -3.35. The van der Waals surface area contributed by atoms with Gasteiger partial charge in [-0.25, -0.2) is 0 Å². The van der Waals surface area contributed by atoms with Crippen LogP contribution in [0.1, 0.15) is 36.0 Å². The van der Waals surface area contributed by atoms with E-state index in [0.29, 0.717) is 5.92 Å². The topological polar surface area (TPSA) is 25.2 Å². The molecule has 0 saturated carbocycles. The zero-order valence-electron chi connectivity index (χ0n) is 24.0. The molecule has 1 aromatic heterocycles. The van der Waals surface area contributed by atoms with Crippen LogP contribution in [0, 0.1) is 5.92 Å². The van der Waals surface area contributed by atoms with E-state index < -0.39 is 16.1 Å². The molecule has 0 N–H and O–H groups in total. The van der Waals surface area contributed by atoms with Gasteiger partial charge in [-0.1, -0.05) is 91.2 Å². The molecule has 2 nitrogen and oxygen atoms in total. The predicted molar refractivity (Wildman–Crippen MR) is 176 cm³/mol. The number of fused-ring (bicyclic) bond motifs is 5. The van der Waals surface area contributed by atoms with Crippen LogP contribution in [0.25, 0.3) is 33.0 Å². The van der Waals surface area contributed by atoms with Crippen molar-refractivity contribution >= 4 is 43.5 Å². The van der Waals surface area contributed by atoms with Gasteiger partial charge in [0.2, 0.25) is 0 Å². The number of hydrogen-bond acceptors (Lipinski definition) is 2. The second-order valence-electron chi connectivity index (χ2n) is 13.2. The van der Waals surface area contributed by atoms with Gasteiger partial charge >= 0.3 is 0 Å². The Morgan fingerprint density at radius 3 is 2.55 bits per heavy atom. The summed E-state index contributed by atoms with van der Waals surface area (Å²) in [5.41, 5.74) is 13.3. The molecular weight excluding hydrogens is 517 g/mol. The molecule has 0 saturated heterocycles. The molecule has 3 aromatic rings. The fourth-order valence-electron chi connectivity index (χ4n) is 8.20. The number of allylic oxidation sites excluding steroid dienone is 6. The Balaban J connectivity index is 1.32. The molecule has 40 heavy (non-hydrogen) atoms. The van der Waals surface area contributed by atoms with Crippen LogP contribution >= 0.6 is 0 Å². The fraction of sp³-hybridized carbons (Fsp3) is 0.278. The van der Waals surface area contributed by atoms with E-state index in [0.717, 1.165) is 25.8 Å². The van der Waals surface area contributed by atoms with Crippen LogP contribution in [0.3, 0.4) is 0 Å². The lowest BCUT2D eigenvalue weighted by Gasteiger charge is -2.40. The molecule has 2 aliphatic carbocycles. The van der Waals surface area contributed by atoms with Gasteiger partial charge in [0.05, 0.1) is 0 Å². The van der Waals surface area contributed by atoms with E-state index in [1.807, 2.05) is 18.5 Å². The van der Waals surface area contributed by atoms with E-state index in [1.54, 1.807) is 43.0 Å². The summed E-state index contributed by atoms with van der Waals surface area (Å²) in [4.78, 5) is 9.02. The Labute approximate surface area is 240 Å². The molecule has 5 aliphatic rings. The number of nitrogens with zero attached hydrogens (tertiary/aromatic N) is 2. The lowest BCUT2D eigenvalue weighted by molar-refractivity contribution is 0.774. The monoisotopic (exact) mass is 552 g/mol. The van der Waals surface area contributed by atoms with Gasteiger partial charge in [-0.2, -0.15) is 0 Å². The standard InChI is InChI=1S/C36H36N2Si2/c1-39(2)31-11-5-10-29-35-28-15-13-24(26-9-7-17-38-22-26)19-33(28)40(3,4)34(35)20-30(36(29)31)27-14-12-23(18-32(27)39)25-8-6-16-37-21-25/h6,8-9,11-16,18,20-22,24H,5,7,10,17,19H2,1-4H3. The number of dihydropyridines is 1. The van der Waals surface area contributed by atoms with Crippen LogP contribution in [0.5, 0.6) is 0 Å². The molecule has 4 heteroatoms. The first-order valence-electron chi connectivity index (χ1n) is 14.9. The van der Waals surface area contributed by atoms with Crippen molar-refractivity contribution in [2.75, 3.05) is 6.54 Å². The largest absolute Gasteiger partial charge is 0.293 e. The van der Waals surface area contributed by atoms with Crippen molar-refractivity contribution in [3.63, 3.8) is 0 Å². The van der Waals surface area contributed by atoms with E-state index in [1.165, 1.54) is 34.2 Å². The second kappa shape index (κ2) is 8.58. The molecule has 0 bridgehead atoms. The number of rotatable bonds is 2. The molecule has 1 atom stereocenters. The zero-order chi connectivity index (χ0) is 27.2. The summed E-state index contributed by atoms with van der Waals surface area (Å²) in [5.74, 6) is 0.475. The van der Waals surface area contributed by atoms with Gasteiger partial charge in [0, 0.05) is 31.1 Å². The van der Waals surface area contributed by atoms with Crippen molar-refractivity contribution in [2.24, 2.45) is 10.9 Å². The van der Waals surface area contributed by atoms with E-state index in [-0.39, 0.29) is 0 Å².